The summed E-state index contributed by atoms with van der Waals surface area (Å²) in [6.07, 6.45) is 0. The first-order chi connectivity index (χ1) is 7.60. The monoisotopic (exact) mass is 243 g/mol. The fourth-order valence-electron chi connectivity index (χ4n) is 1.53. The quantitative estimate of drug-likeness (QED) is 0.825. The second-order valence-corrected chi connectivity index (χ2v) is 3.74. The van der Waals surface area contributed by atoms with Crippen molar-refractivity contribution < 1.29 is 15.0 Å². The number of carboxylic acids is 1. The van der Waals surface area contributed by atoms with Gasteiger partial charge in [-0.1, -0.05) is 11.6 Å². The average molecular weight is 244 g/mol. The highest BCUT2D eigenvalue weighted by Crippen LogP contribution is 2.19. The number of anilines is 1. The number of aliphatic hydroxyl groups excluding tert-OH is 1. The summed E-state index contributed by atoms with van der Waals surface area (Å²) >= 11 is 5.75. The summed E-state index contributed by atoms with van der Waals surface area (Å²) in [5.41, 5.74) is 0.730. The van der Waals surface area contributed by atoms with Crippen molar-refractivity contribution in [3.05, 3.63) is 29.3 Å². The van der Waals surface area contributed by atoms with Gasteiger partial charge in [-0.15, -0.1) is 0 Å². The van der Waals surface area contributed by atoms with Crippen LogP contribution in [0.1, 0.15) is 6.92 Å². The summed E-state index contributed by atoms with van der Waals surface area (Å²) in [5.74, 6) is -1.04. The lowest BCUT2D eigenvalue weighted by atomic mass is 10.2. The van der Waals surface area contributed by atoms with Crippen molar-refractivity contribution >= 4 is 23.3 Å². The molecule has 0 aliphatic heterocycles. The molecule has 16 heavy (non-hydrogen) atoms. The largest absolute Gasteiger partial charge is 0.480 e. The summed E-state index contributed by atoms with van der Waals surface area (Å²) < 4.78 is 0. The van der Waals surface area contributed by atoms with Crippen LogP contribution in [0, 0.1) is 0 Å². The smallest absolute Gasteiger partial charge is 0.328 e. The van der Waals surface area contributed by atoms with E-state index < -0.39 is 18.6 Å². The van der Waals surface area contributed by atoms with Crippen LogP contribution in [0.4, 0.5) is 5.69 Å². The van der Waals surface area contributed by atoms with E-state index in [1.54, 1.807) is 29.2 Å². The van der Waals surface area contributed by atoms with Gasteiger partial charge in [-0.3, -0.25) is 0 Å². The van der Waals surface area contributed by atoms with Crippen LogP contribution >= 0.6 is 11.6 Å². The van der Waals surface area contributed by atoms with Gasteiger partial charge in [0.2, 0.25) is 0 Å². The van der Waals surface area contributed by atoms with Gasteiger partial charge in [0.25, 0.3) is 0 Å². The minimum atomic E-state index is -1.04. The maximum Gasteiger partial charge on any atom is 0.328 e. The van der Waals surface area contributed by atoms with Crippen molar-refractivity contribution in [3.63, 3.8) is 0 Å². The molecule has 1 unspecified atom stereocenters. The molecular weight excluding hydrogens is 230 g/mol. The third-order valence-corrected chi connectivity index (χ3v) is 2.59. The second kappa shape index (κ2) is 5.72. The Morgan fingerprint density at radius 1 is 1.44 bits per heavy atom. The number of benzene rings is 1. The van der Waals surface area contributed by atoms with Gasteiger partial charge in [0.15, 0.2) is 6.04 Å². The summed E-state index contributed by atoms with van der Waals surface area (Å²) in [4.78, 5) is 12.6. The van der Waals surface area contributed by atoms with Gasteiger partial charge in [-0.25, -0.2) is 4.79 Å². The van der Waals surface area contributed by atoms with E-state index in [1.165, 1.54) is 0 Å². The third-order valence-electron chi connectivity index (χ3n) is 2.33. The summed E-state index contributed by atoms with van der Waals surface area (Å²) in [7, 11) is 0. The average Bonchev–Trinajstić information content (AvgIpc) is 2.26. The molecule has 0 amide bonds. The molecular formula is C11H14ClNO3. The first-order valence-electron chi connectivity index (χ1n) is 4.96. The van der Waals surface area contributed by atoms with Crippen LogP contribution in [0.2, 0.25) is 5.02 Å². The van der Waals surface area contributed by atoms with E-state index in [4.69, 9.17) is 21.8 Å². The molecule has 0 heterocycles. The Bertz CT molecular complexity index is 353. The number of likely N-dealkylation sites (N-methyl/N-ethyl adjacent to an activating group) is 1. The molecule has 5 heteroatoms. The topological polar surface area (TPSA) is 60.8 Å². The van der Waals surface area contributed by atoms with Crippen molar-refractivity contribution in [2.75, 3.05) is 18.1 Å². The molecule has 0 aliphatic carbocycles. The number of halogens is 1. The zero-order chi connectivity index (χ0) is 12.1. The predicted octanol–water partition coefficient (Wildman–Crippen LogP) is 1.61. The van der Waals surface area contributed by atoms with E-state index in [2.05, 4.69) is 0 Å². The summed E-state index contributed by atoms with van der Waals surface area (Å²) in [6, 6.07) is 5.92. The Hall–Kier alpha value is -1.26. The number of nitrogens with zero attached hydrogens (tertiary/aromatic N) is 1. The Labute approximate surface area is 99.1 Å². The number of aliphatic hydroxyl groups is 1. The van der Waals surface area contributed by atoms with Crippen molar-refractivity contribution in [2.45, 2.75) is 13.0 Å². The standard InChI is InChI=1S/C11H14ClNO3/c1-2-13(10(7-14)11(15)16)9-5-3-8(12)4-6-9/h3-6,10,14H,2,7H2,1H3,(H,15,16). The Kier molecular flexibility index (Phi) is 4.58. The second-order valence-electron chi connectivity index (χ2n) is 3.30. The molecule has 1 aromatic rings. The molecule has 1 rings (SSSR count). The molecule has 0 radical (unpaired) electrons. The summed E-state index contributed by atoms with van der Waals surface area (Å²) in [6.45, 7) is 1.91. The molecule has 0 aliphatic rings. The fraction of sp³-hybridized carbons (Fsp3) is 0.364. The lowest BCUT2D eigenvalue weighted by molar-refractivity contribution is -0.139. The van der Waals surface area contributed by atoms with Crippen LogP contribution in [-0.2, 0) is 4.79 Å². The van der Waals surface area contributed by atoms with Gasteiger partial charge in [-0.2, -0.15) is 0 Å². The van der Waals surface area contributed by atoms with E-state index in [9.17, 15) is 4.79 Å². The van der Waals surface area contributed by atoms with Crippen LogP contribution in [0.3, 0.4) is 0 Å². The number of carbonyl (C=O) groups is 1. The fourth-order valence-corrected chi connectivity index (χ4v) is 1.65. The van der Waals surface area contributed by atoms with E-state index >= 15 is 0 Å². The van der Waals surface area contributed by atoms with Crippen LogP contribution in [0.15, 0.2) is 24.3 Å². The van der Waals surface area contributed by atoms with Gasteiger partial charge in [0, 0.05) is 17.3 Å². The molecule has 0 saturated heterocycles. The number of aliphatic carboxylic acids is 1. The summed E-state index contributed by atoms with van der Waals surface area (Å²) in [5, 5.41) is 18.6. The molecule has 1 atom stereocenters. The molecule has 1 aromatic carbocycles. The van der Waals surface area contributed by atoms with Gasteiger partial charge in [0.05, 0.1) is 6.61 Å². The van der Waals surface area contributed by atoms with Gasteiger partial charge < -0.3 is 15.1 Å². The molecule has 2 N–H and O–H groups in total. The van der Waals surface area contributed by atoms with E-state index in [0.29, 0.717) is 11.6 Å². The number of carboxylic acid groups (broad SMARTS) is 1. The Balaban J connectivity index is 2.96. The SMILES string of the molecule is CCN(c1ccc(Cl)cc1)C(CO)C(=O)O. The van der Waals surface area contributed by atoms with Gasteiger partial charge in [-0.05, 0) is 31.2 Å². The van der Waals surface area contributed by atoms with Gasteiger partial charge >= 0.3 is 5.97 Å². The van der Waals surface area contributed by atoms with E-state index in [1.807, 2.05) is 6.92 Å². The molecule has 4 nitrogen and oxygen atoms in total. The minimum absolute atomic E-state index is 0.425. The zero-order valence-corrected chi connectivity index (χ0v) is 9.68. The van der Waals surface area contributed by atoms with E-state index in [0.717, 1.165) is 5.69 Å². The molecule has 0 aromatic heterocycles. The van der Waals surface area contributed by atoms with Crippen LogP contribution < -0.4 is 4.90 Å². The lowest BCUT2D eigenvalue weighted by Crippen LogP contribution is -2.43. The Morgan fingerprint density at radius 3 is 2.38 bits per heavy atom. The highest BCUT2D eigenvalue weighted by atomic mass is 35.5. The maximum atomic E-state index is 10.9. The van der Waals surface area contributed by atoms with Crippen molar-refractivity contribution in [1.82, 2.24) is 0 Å². The van der Waals surface area contributed by atoms with E-state index in [-0.39, 0.29) is 0 Å². The molecule has 0 bridgehead atoms. The molecule has 88 valence electrons. The zero-order valence-electron chi connectivity index (χ0n) is 8.93. The van der Waals surface area contributed by atoms with Crippen molar-refractivity contribution in [2.24, 2.45) is 0 Å². The maximum absolute atomic E-state index is 10.9. The first kappa shape index (κ1) is 12.8. The van der Waals surface area contributed by atoms with Crippen LogP contribution in [-0.4, -0.2) is 35.4 Å². The third kappa shape index (κ3) is 2.87. The van der Waals surface area contributed by atoms with Crippen LogP contribution in [0.25, 0.3) is 0 Å². The van der Waals surface area contributed by atoms with Crippen molar-refractivity contribution in [1.29, 1.82) is 0 Å². The highest BCUT2D eigenvalue weighted by Gasteiger charge is 2.23. The van der Waals surface area contributed by atoms with Crippen molar-refractivity contribution in [3.8, 4) is 0 Å². The molecule has 0 spiro atoms. The molecule has 0 fully saturated rings. The molecule has 0 saturated carbocycles. The number of hydrogen-bond donors (Lipinski definition) is 2. The predicted molar refractivity (Wildman–Crippen MR) is 63.0 cm³/mol. The minimum Gasteiger partial charge on any atom is -0.480 e. The number of hydrogen-bond acceptors (Lipinski definition) is 3. The Morgan fingerprint density at radius 2 is 2.00 bits per heavy atom. The normalized spacial score (nSPS) is 12.2. The van der Waals surface area contributed by atoms with Gasteiger partial charge in [0.1, 0.15) is 0 Å². The first-order valence-corrected chi connectivity index (χ1v) is 5.33. The number of rotatable bonds is 5. The highest BCUT2D eigenvalue weighted by molar-refractivity contribution is 6.30. The van der Waals surface area contributed by atoms with Crippen LogP contribution in [0.5, 0.6) is 0 Å². The lowest BCUT2D eigenvalue weighted by Gasteiger charge is -2.28.